The van der Waals surface area contributed by atoms with Crippen molar-refractivity contribution in [3.05, 3.63) is 71.8 Å². The van der Waals surface area contributed by atoms with Crippen molar-refractivity contribution in [3.8, 4) is 0 Å². The summed E-state index contributed by atoms with van der Waals surface area (Å²) in [6, 6.07) is 16.4. The van der Waals surface area contributed by atoms with Gasteiger partial charge >= 0.3 is 12.1 Å². The Morgan fingerprint density at radius 2 is 1.60 bits per heavy atom. The van der Waals surface area contributed by atoms with E-state index in [2.05, 4.69) is 5.32 Å². The van der Waals surface area contributed by atoms with Crippen LogP contribution in [0, 0.1) is 0 Å². The number of rotatable bonds is 10. The van der Waals surface area contributed by atoms with E-state index < -0.39 is 42.4 Å². The lowest BCUT2D eigenvalue weighted by atomic mass is 10.0. The zero-order valence-electron chi connectivity index (χ0n) is 19.5. The molecule has 0 unspecified atom stereocenters. The molecule has 1 saturated heterocycles. The van der Waals surface area contributed by atoms with Gasteiger partial charge in [-0.3, -0.25) is 24.1 Å². The predicted octanol–water partition coefficient (Wildman–Crippen LogP) is 2.22. The first-order valence-electron chi connectivity index (χ1n) is 11.3. The molecule has 0 radical (unpaired) electrons. The lowest BCUT2D eigenvalue weighted by molar-refractivity contribution is -0.146. The molecule has 9 heteroatoms. The number of amides is 2. The average molecular weight is 481 g/mol. The highest BCUT2D eigenvalue weighted by Crippen LogP contribution is 2.18. The number of benzene rings is 2. The zero-order valence-corrected chi connectivity index (χ0v) is 19.5. The minimum Gasteiger partial charge on any atom is -0.458 e. The van der Waals surface area contributed by atoms with Gasteiger partial charge < -0.3 is 14.8 Å². The highest BCUT2D eigenvalue weighted by Gasteiger charge is 2.40. The van der Waals surface area contributed by atoms with Gasteiger partial charge in [0.1, 0.15) is 12.6 Å². The number of ketones is 2. The number of Topliss-reactive ketones (excluding diaryl/α,β-unsaturated/α-hetero) is 2. The van der Waals surface area contributed by atoms with Crippen LogP contribution < -0.4 is 5.32 Å². The number of hydrogen-bond donors (Lipinski definition) is 1. The molecule has 9 nitrogen and oxygen atoms in total. The molecule has 35 heavy (non-hydrogen) atoms. The predicted molar refractivity (Wildman–Crippen MR) is 125 cm³/mol. The van der Waals surface area contributed by atoms with Crippen LogP contribution in [-0.2, 0) is 41.7 Å². The van der Waals surface area contributed by atoms with E-state index in [0.29, 0.717) is 6.42 Å². The van der Waals surface area contributed by atoms with Crippen molar-refractivity contribution in [1.29, 1.82) is 0 Å². The lowest BCUT2D eigenvalue weighted by Gasteiger charge is -2.25. The summed E-state index contributed by atoms with van der Waals surface area (Å²) >= 11 is 0. The number of ether oxygens (including phenoxy) is 2. The van der Waals surface area contributed by atoms with Crippen molar-refractivity contribution in [1.82, 2.24) is 10.2 Å². The van der Waals surface area contributed by atoms with Crippen molar-refractivity contribution >= 4 is 29.5 Å². The van der Waals surface area contributed by atoms with Crippen molar-refractivity contribution in [2.45, 2.75) is 44.9 Å². The molecule has 0 bridgehead atoms. The van der Waals surface area contributed by atoms with Gasteiger partial charge in [0.15, 0.2) is 18.2 Å². The molecule has 3 rings (SSSR count). The van der Waals surface area contributed by atoms with Gasteiger partial charge in [0, 0.05) is 13.3 Å². The molecule has 0 aromatic heterocycles. The zero-order chi connectivity index (χ0) is 25.2. The van der Waals surface area contributed by atoms with Gasteiger partial charge in [-0.2, -0.15) is 0 Å². The molecular weight excluding hydrogens is 452 g/mol. The van der Waals surface area contributed by atoms with E-state index >= 15 is 0 Å². The van der Waals surface area contributed by atoms with E-state index in [1.54, 1.807) is 24.3 Å². The number of nitrogens with zero attached hydrogens (tertiary/aromatic N) is 1. The molecule has 0 saturated carbocycles. The summed E-state index contributed by atoms with van der Waals surface area (Å²) in [7, 11) is 0. The summed E-state index contributed by atoms with van der Waals surface area (Å²) in [6.45, 7) is 0.455. The van der Waals surface area contributed by atoms with Crippen LogP contribution in [0.1, 0.15) is 30.9 Å². The Morgan fingerprint density at radius 1 is 0.971 bits per heavy atom. The third-order valence-corrected chi connectivity index (χ3v) is 5.57. The first-order valence-corrected chi connectivity index (χ1v) is 11.3. The Balaban J connectivity index is 1.65. The van der Waals surface area contributed by atoms with Gasteiger partial charge in [-0.05, 0) is 24.0 Å². The molecular formula is C26H28N2O7. The number of carbonyl (C=O) groups is 5. The molecule has 1 heterocycles. The summed E-state index contributed by atoms with van der Waals surface area (Å²) in [5.41, 5.74) is 1.73. The fraction of sp³-hybridized carbons (Fsp3) is 0.346. The topological polar surface area (TPSA) is 119 Å². The van der Waals surface area contributed by atoms with E-state index in [4.69, 9.17) is 9.47 Å². The van der Waals surface area contributed by atoms with Gasteiger partial charge in [-0.15, -0.1) is 0 Å². The van der Waals surface area contributed by atoms with Crippen LogP contribution in [-0.4, -0.2) is 59.7 Å². The molecule has 1 N–H and O–H groups in total. The Kier molecular flexibility index (Phi) is 9.11. The Bertz CT molecular complexity index is 1060. The standard InChI is InChI=1S/C26H28N2O7/c1-18(29)34-17-24(31)22(13-12-19-8-4-2-5-9-19)27-25(32)23-14-21(30)15-28(23)26(33)35-16-20-10-6-3-7-11-20/h2-11,22-23H,12-17H2,1H3,(H,27,32)/t22-,23+/m1/s1. The van der Waals surface area contributed by atoms with Gasteiger partial charge in [0.25, 0.3) is 0 Å². The average Bonchev–Trinajstić information content (AvgIpc) is 3.26. The summed E-state index contributed by atoms with van der Waals surface area (Å²) < 4.78 is 10.1. The number of carbonyl (C=O) groups excluding carboxylic acids is 5. The van der Waals surface area contributed by atoms with Gasteiger partial charge in [-0.1, -0.05) is 60.7 Å². The first kappa shape index (κ1) is 25.6. The molecule has 1 fully saturated rings. The summed E-state index contributed by atoms with van der Waals surface area (Å²) in [4.78, 5) is 62.7. The number of aryl methyl sites for hydroxylation is 1. The normalized spacial score (nSPS) is 15.9. The van der Waals surface area contributed by atoms with Gasteiger partial charge in [0.2, 0.25) is 5.91 Å². The number of nitrogens with one attached hydrogen (secondary N) is 1. The largest absolute Gasteiger partial charge is 0.458 e. The molecule has 0 spiro atoms. The van der Waals surface area contributed by atoms with Gasteiger partial charge in [-0.25, -0.2) is 4.79 Å². The maximum atomic E-state index is 13.1. The van der Waals surface area contributed by atoms with Crippen molar-refractivity contribution in [2.75, 3.05) is 13.2 Å². The number of esters is 1. The van der Waals surface area contributed by atoms with Crippen LogP contribution in [0.25, 0.3) is 0 Å². The lowest BCUT2D eigenvalue weighted by Crippen LogP contribution is -2.51. The second-order valence-electron chi connectivity index (χ2n) is 8.26. The van der Waals surface area contributed by atoms with Gasteiger partial charge in [0.05, 0.1) is 12.6 Å². The summed E-state index contributed by atoms with van der Waals surface area (Å²) in [6.07, 6.45) is -0.207. The Labute approximate surface area is 203 Å². The van der Waals surface area contributed by atoms with Crippen LogP contribution in [0.4, 0.5) is 4.79 Å². The maximum absolute atomic E-state index is 13.1. The van der Waals surface area contributed by atoms with E-state index in [1.807, 2.05) is 36.4 Å². The maximum Gasteiger partial charge on any atom is 0.411 e. The molecule has 2 atom stereocenters. The van der Waals surface area contributed by atoms with Crippen molar-refractivity contribution in [3.63, 3.8) is 0 Å². The van der Waals surface area contributed by atoms with E-state index in [1.165, 1.54) is 6.92 Å². The van der Waals surface area contributed by atoms with Crippen LogP contribution in [0.15, 0.2) is 60.7 Å². The first-order chi connectivity index (χ1) is 16.8. The monoisotopic (exact) mass is 480 g/mol. The SMILES string of the molecule is CC(=O)OCC(=O)[C@@H](CCc1ccccc1)NC(=O)[C@@H]1CC(=O)CN1C(=O)OCc1ccccc1. The molecule has 0 aliphatic carbocycles. The van der Waals surface area contributed by atoms with Crippen LogP contribution in [0.5, 0.6) is 0 Å². The minimum atomic E-state index is -1.09. The third kappa shape index (κ3) is 7.77. The fourth-order valence-electron chi connectivity index (χ4n) is 3.73. The van der Waals surface area contributed by atoms with E-state index in [-0.39, 0.29) is 31.8 Å². The summed E-state index contributed by atoms with van der Waals surface area (Å²) in [5, 5.41) is 2.65. The van der Waals surface area contributed by atoms with Crippen molar-refractivity contribution < 1.29 is 33.4 Å². The molecule has 184 valence electrons. The third-order valence-electron chi connectivity index (χ3n) is 5.57. The van der Waals surface area contributed by atoms with E-state index in [0.717, 1.165) is 16.0 Å². The van der Waals surface area contributed by atoms with Crippen LogP contribution >= 0.6 is 0 Å². The minimum absolute atomic E-state index is 0.000720. The van der Waals surface area contributed by atoms with Crippen LogP contribution in [0.3, 0.4) is 0 Å². The molecule has 1 aliphatic rings. The Hall–Kier alpha value is -4.01. The molecule has 2 aromatic carbocycles. The Morgan fingerprint density at radius 3 is 2.23 bits per heavy atom. The fourth-order valence-corrected chi connectivity index (χ4v) is 3.73. The van der Waals surface area contributed by atoms with Crippen LogP contribution in [0.2, 0.25) is 0 Å². The number of likely N-dealkylation sites (tertiary alicyclic amines) is 1. The number of hydrogen-bond acceptors (Lipinski definition) is 7. The second-order valence-corrected chi connectivity index (χ2v) is 8.26. The molecule has 2 aromatic rings. The van der Waals surface area contributed by atoms with Crippen molar-refractivity contribution in [2.24, 2.45) is 0 Å². The molecule has 2 amide bonds. The van der Waals surface area contributed by atoms with E-state index in [9.17, 15) is 24.0 Å². The quantitative estimate of drug-likeness (QED) is 0.518. The molecule has 1 aliphatic heterocycles. The summed E-state index contributed by atoms with van der Waals surface area (Å²) in [5.74, 6) is -2.01. The highest BCUT2D eigenvalue weighted by molar-refractivity contribution is 5.99. The second kappa shape index (κ2) is 12.5. The highest BCUT2D eigenvalue weighted by atomic mass is 16.6. The smallest absolute Gasteiger partial charge is 0.411 e.